The van der Waals surface area contributed by atoms with Crippen LogP contribution in [0.5, 0.6) is 17.2 Å². The molecule has 2 bridgehead atoms. The maximum Gasteiger partial charge on any atom is 0.408 e. The van der Waals surface area contributed by atoms with Gasteiger partial charge in [-0.25, -0.2) is 4.79 Å². The average Bonchev–Trinajstić information content (AvgIpc) is 3.26. The first-order chi connectivity index (χ1) is 28.3. The minimum Gasteiger partial charge on any atom is -0.506 e. The van der Waals surface area contributed by atoms with Crippen LogP contribution in [0, 0.1) is 5.92 Å². The van der Waals surface area contributed by atoms with Crippen LogP contribution >= 0.6 is 0 Å². The smallest absolute Gasteiger partial charge is 0.408 e. The second-order valence-electron chi connectivity index (χ2n) is 15.1. The van der Waals surface area contributed by atoms with Gasteiger partial charge in [0, 0.05) is 36.7 Å². The number of fused-ring (bicyclic) bond motifs is 4. The van der Waals surface area contributed by atoms with Gasteiger partial charge in [0.05, 0.1) is 24.8 Å². The lowest BCUT2D eigenvalue weighted by atomic mass is 9.86. The first-order valence-corrected chi connectivity index (χ1v) is 19.8. The number of nitrogens with one attached hydrogen (secondary N) is 3. The highest BCUT2D eigenvalue weighted by atomic mass is 16.6. The molecule has 0 saturated carbocycles. The van der Waals surface area contributed by atoms with E-state index in [2.05, 4.69) is 32.7 Å². The van der Waals surface area contributed by atoms with Gasteiger partial charge in [0.25, 0.3) is 0 Å². The summed E-state index contributed by atoms with van der Waals surface area (Å²) in [5.41, 5.74) is 6.40. The average molecular weight is 781 g/mol. The lowest BCUT2D eigenvalue weighted by Crippen LogP contribution is -2.52. The number of carbonyl (C=O) groups is 1. The van der Waals surface area contributed by atoms with Crippen molar-refractivity contribution in [1.29, 1.82) is 0 Å². The largest absolute Gasteiger partial charge is 0.506 e. The third-order valence-corrected chi connectivity index (χ3v) is 11.3. The van der Waals surface area contributed by atoms with Crippen molar-refractivity contribution in [2.45, 2.75) is 44.2 Å². The number of hydrogen-bond acceptors (Lipinski definition) is 9. The number of aromatic hydroxyl groups is 1. The van der Waals surface area contributed by atoms with Crippen LogP contribution < -0.4 is 25.7 Å². The summed E-state index contributed by atoms with van der Waals surface area (Å²) in [5, 5.41) is 28.2. The summed E-state index contributed by atoms with van der Waals surface area (Å²) in [7, 11) is 1.64. The molecule has 3 aliphatic rings. The van der Waals surface area contributed by atoms with Crippen molar-refractivity contribution in [3.63, 3.8) is 0 Å². The number of aromatic nitrogens is 1. The Morgan fingerprint density at radius 3 is 2.41 bits per heavy atom. The quantitative estimate of drug-likeness (QED) is 0.0774. The molecule has 1 amide bonds. The molecule has 11 nitrogen and oxygen atoms in total. The number of piperidine rings is 3. The molecular weight excluding hydrogens is 733 g/mol. The highest BCUT2D eigenvalue weighted by molar-refractivity contribution is 5.87. The van der Waals surface area contributed by atoms with Gasteiger partial charge in [-0.05, 0) is 95.6 Å². The number of pyridine rings is 1. The summed E-state index contributed by atoms with van der Waals surface area (Å²) in [5.74, 6) is 1.80. The number of phenols is 1. The summed E-state index contributed by atoms with van der Waals surface area (Å²) in [4.78, 5) is 30.1. The summed E-state index contributed by atoms with van der Waals surface area (Å²) in [6.45, 7) is 4.05. The standard InChI is InChI=1S/C47H48N4O7/c1-56-42-25-34(14-15-36(42)26-48-27-41(53)38-16-18-40(52)46-39(38)17-19-44(54)49-46)31-12-10-30(11-13-31)29-57-37-9-5-8-35(24-37)45(33-6-3-2-4-7-33)50-47(55)58-43-28-51-22-20-32(43)21-23-51/h2-19,24-25,32,41,43,45,48,52-53H,20-23,26-29H2,1H3,(H,49,54)(H,50,55)/t41?,43?,45-/m0/s1. The molecule has 0 spiro atoms. The number of amides is 1. The molecule has 0 radical (unpaired) electrons. The zero-order valence-corrected chi connectivity index (χ0v) is 32.4. The molecule has 11 heteroatoms. The third-order valence-electron chi connectivity index (χ3n) is 11.3. The van der Waals surface area contributed by atoms with Crippen molar-refractivity contribution in [2.75, 3.05) is 33.3 Å². The minimum atomic E-state index is -0.871. The van der Waals surface area contributed by atoms with E-state index in [9.17, 15) is 19.8 Å². The van der Waals surface area contributed by atoms with Gasteiger partial charge in [-0.1, -0.05) is 84.9 Å². The Morgan fingerprint density at radius 1 is 0.879 bits per heavy atom. The van der Waals surface area contributed by atoms with E-state index in [4.69, 9.17) is 14.2 Å². The van der Waals surface area contributed by atoms with Gasteiger partial charge in [-0.15, -0.1) is 0 Å². The topological polar surface area (TPSA) is 145 Å². The lowest BCUT2D eigenvalue weighted by Gasteiger charge is -2.43. The number of phenolic OH excluding ortho intramolecular Hbond substituents is 1. The van der Waals surface area contributed by atoms with Crippen LogP contribution in [0.15, 0.2) is 126 Å². The summed E-state index contributed by atoms with van der Waals surface area (Å²) in [6, 6.07) is 37.7. The van der Waals surface area contributed by atoms with Gasteiger partial charge in [0.1, 0.15) is 30.0 Å². The Balaban J connectivity index is 0.878. The number of rotatable bonds is 14. The molecule has 1 aromatic heterocycles. The Bertz CT molecular complexity index is 2410. The number of hydrogen-bond donors (Lipinski definition) is 5. The highest BCUT2D eigenvalue weighted by Crippen LogP contribution is 2.33. The molecule has 3 fully saturated rings. The second kappa shape index (κ2) is 17.6. The second-order valence-corrected chi connectivity index (χ2v) is 15.1. The molecule has 5 aromatic carbocycles. The van der Waals surface area contributed by atoms with E-state index in [1.807, 2.05) is 84.9 Å². The van der Waals surface area contributed by atoms with E-state index < -0.39 is 18.2 Å². The van der Waals surface area contributed by atoms with Crippen molar-refractivity contribution in [1.82, 2.24) is 20.5 Å². The van der Waals surface area contributed by atoms with Crippen molar-refractivity contribution in [3.8, 4) is 28.4 Å². The fourth-order valence-corrected chi connectivity index (χ4v) is 8.16. The number of carbonyl (C=O) groups excluding carboxylic acids is 1. The number of benzene rings is 5. The van der Waals surface area contributed by atoms with Gasteiger partial charge < -0.3 is 40.0 Å². The molecular formula is C47H48N4O7. The number of aliphatic hydroxyl groups is 1. The normalized spacial score (nSPS) is 18.3. The Kier molecular flexibility index (Phi) is 11.7. The first kappa shape index (κ1) is 38.7. The van der Waals surface area contributed by atoms with E-state index in [0.717, 1.165) is 71.6 Å². The summed E-state index contributed by atoms with van der Waals surface area (Å²) >= 11 is 0. The SMILES string of the molecule is COc1cc(-c2ccc(COc3cccc([C@@H](NC(=O)OC4CN5CCC4CC5)c4ccccc4)c3)cc2)ccc1CNCC(O)c1ccc(O)c2[nH]c(=O)ccc12. The van der Waals surface area contributed by atoms with Crippen LogP contribution in [-0.4, -0.2) is 65.6 Å². The fraction of sp³-hybridized carbons (Fsp3) is 0.277. The van der Waals surface area contributed by atoms with Crippen LogP contribution in [0.3, 0.4) is 0 Å². The molecule has 298 valence electrons. The molecule has 2 unspecified atom stereocenters. The first-order valence-electron chi connectivity index (χ1n) is 19.8. The number of alkyl carbamates (subject to hydrolysis) is 1. The van der Waals surface area contributed by atoms with Gasteiger partial charge in [0.15, 0.2) is 0 Å². The van der Waals surface area contributed by atoms with E-state index in [0.29, 0.717) is 41.3 Å². The van der Waals surface area contributed by atoms with E-state index in [1.54, 1.807) is 19.2 Å². The molecule has 3 atom stereocenters. The number of aromatic amines is 1. The maximum absolute atomic E-state index is 13.3. The molecule has 5 N–H and O–H groups in total. The van der Waals surface area contributed by atoms with Gasteiger partial charge >= 0.3 is 6.09 Å². The van der Waals surface area contributed by atoms with Crippen molar-refractivity contribution < 1.29 is 29.2 Å². The Morgan fingerprint density at radius 2 is 1.66 bits per heavy atom. The van der Waals surface area contributed by atoms with Crippen molar-refractivity contribution >= 4 is 17.0 Å². The fourth-order valence-electron chi connectivity index (χ4n) is 8.16. The number of H-pyrrole nitrogens is 1. The number of methoxy groups -OCH3 is 1. The number of nitrogens with zero attached hydrogens (tertiary/aromatic N) is 1. The lowest BCUT2D eigenvalue weighted by molar-refractivity contribution is -0.0336. The molecule has 3 saturated heterocycles. The summed E-state index contributed by atoms with van der Waals surface area (Å²) < 4.78 is 18.0. The summed E-state index contributed by atoms with van der Waals surface area (Å²) in [6.07, 6.45) is 0.801. The van der Waals surface area contributed by atoms with E-state index in [1.165, 1.54) is 12.1 Å². The zero-order chi connectivity index (χ0) is 40.0. The monoisotopic (exact) mass is 780 g/mol. The van der Waals surface area contributed by atoms with Crippen LogP contribution in [0.1, 0.15) is 52.8 Å². The molecule has 4 heterocycles. The Labute approximate surface area is 337 Å². The van der Waals surface area contributed by atoms with Crippen LogP contribution in [-0.2, 0) is 17.9 Å². The molecule has 0 aliphatic carbocycles. The van der Waals surface area contributed by atoms with Crippen LogP contribution in [0.25, 0.3) is 22.0 Å². The number of ether oxygens (including phenoxy) is 3. The third kappa shape index (κ3) is 8.87. The predicted octanol–water partition coefficient (Wildman–Crippen LogP) is 7.22. The molecule has 58 heavy (non-hydrogen) atoms. The van der Waals surface area contributed by atoms with Gasteiger partial charge in [-0.2, -0.15) is 0 Å². The molecule has 3 aliphatic heterocycles. The maximum atomic E-state index is 13.3. The van der Waals surface area contributed by atoms with Gasteiger partial charge in [-0.3, -0.25) is 9.69 Å². The van der Waals surface area contributed by atoms with Crippen LogP contribution in [0.2, 0.25) is 0 Å². The highest BCUT2D eigenvalue weighted by Gasteiger charge is 2.37. The predicted molar refractivity (Wildman–Crippen MR) is 223 cm³/mol. The van der Waals surface area contributed by atoms with E-state index >= 15 is 0 Å². The minimum absolute atomic E-state index is 0.0483. The Hall–Kier alpha value is -6.14. The van der Waals surface area contributed by atoms with Crippen molar-refractivity contribution in [2.24, 2.45) is 5.92 Å². The number of aliphatic hydroxyl groups excluding tert-OH is 1. The molecule has 9 rings (SSSR count). The van der Waals surface area contributed by atoms with Gasteiger partial charge in [0.2, 0.25) is 5.56 Å². The van der Waals surface area contributed by atoms with E-state index in [-0.39, 0.29) is 24.0 Å². The van der Waals surface area contributed by atoms with Crippen molar-refractivity contribution in [3.05, 3.63) is 159 Å². The zero-order valence-electron chi connectivity index (χ0n) is 32.4. The molecule has 6 aromatic rings. The van der Waals surface area contributed by atoms with Crippen LogP contribution in [0.4, 0.5) is 4.79 Å².